The Hall–Kier alpha value is -3.38. The summed E-state index contributed by atoms with van der Waals surface area (Å²) in [6, 6.07) is 11.9. The van der Waals surface area contributed by atoms with Crippen molar-refractivity contribution in [1.29, 1.82) is 0 Å². The maximum atomic E-state index is 13.1. The van der Waals surface area contributed by atoms with Gasteiger partial charge in [0.25, 0.3) is 0 Å². The summed E-state index contributed by atoms with van der Waals surface area (Å²) in [5.74, 6) is 0.602. The predicted octanol–water partition coefficient (Wildman–Crippen LogP) is 4.36. The molecule has 0 fully saturated rings. The number of alkyl halides is 1. The molecule has 0 aliphatic heterocycles. The van der Waals surface area contributed by atoms with Crippen LogP contribution < -0.4 is 10.6 Å². The van der Waals surface area contributed by atoms with Crippen molar-refractivity contribution in [3.63, 3.8) is 0 Å². The molecule has 4 rings (SSSR count). The molecule has 2 amide bonds. The van der Waals surface area contributed by atoms with Crippen molar-refractivity contribution in [3.05, 3.63) is 54.2 Å². The molecule has 0 aliphatic carbocycles. The number of carbonyl (C=O) groups excluding carboxylic acids is 1. The highest BCUT2D eigenvalue weighted by atomic mass is 32.2. The fourth-order valence-corrected chi connectivity index (χ4v) is 4.75. The highest BCUT2D eigenvalue weighted by Crippen LogP contribution is 2.31. The van der Waals surface area contributed by atoms with Gasteiger partial charge in [-0.1, -0.05) is 34.7 Å². The van der Waals surface area contributed by atoms with E-state index in [-0.39, 0.29) is 17.3 Å². The number of halogens is 1. The average Bonchev–Trinajstić information content (AvgIpc) is 3.45. The Morgan fingerprint density at radius 3 is 2.66 bits per heavy atom. The molecule has 0 bridgehead atoms. The van der Waals surface area contributed by atoms with Crippen LogP contribution in [0, 0.1) is 0 Å². The van der Waals surface area contributed by atoms with Gasteiger partial charge in [0.1, 0.15) is 6.67 Å². The molecule has 9 nitrogen and oxygen atoms in total. The molecule has 0 atom stereocenters. The van der Waals surface area contributed by atoms with Gasteiger partial charge in [0.05, 0.1) is 20.5 Å². The largest absolute Gasteiger partial charge is 0.339 e. The number of carbonyl (C=O) groups is 1. The minimum Gasteiger partial charge on any atom is -0.339 e. The van der Waals surface area contributed by atoms with Crippen LogP contribution in [0.1, 0.15) is 25.6 Å². The third-order valence-electron chi connectivity index (χ3n) is 5.22. The summed E-state index contributed by atoms with van der Waals surface area (Å²) in [6.45, 7) is 2.98. The Labute approximate surface area is 205 Å². The second-order valence-corrected chi connectivity index (χ2v) is 11.7. The molecule has 0 unspecified atom stereocenters. The molecular weight excluding hydrogens is 493 g/mol. The topological polar surface area (TPSA) is 127 Å². The molecule has 0 saturated heterocycles. The molecule has 2 heterocycles. The van der Waals surface area contributed by atoms with Crippen LogP contribution in [-0.2, 0) is 21.7 Å². The highest BCUT2D eigenvalue weighted by molar-refractivity contribution is 7.90. The smallest absolute Gasteiger partial charge is 0.321 e. The Kier molecular flexibility index (Phi) is 6.86. The molecule has 4 aromatic rings. The summed E-state index contributed by atoms with van der Waals surface area (Å²) < 4.78 is 42.7. The van der Waals surface area contributed by atoms with Crippen LogP contribution in [0.2, 0.25) is 0 Å². The fraction of sp³-hybridized carbons (Fsp3) is 0.304. The summed E-state index contributed by atoms with van der Waals surface area (Å²) >= 11 is 1.31. The van der Waals surface area contributed by atoms with Crippen molar-refractivity contribution in [2.24, 2.45) is 0 Å². The number of hydrogen-bond donors (Lipinski definition) is 2. The van der Waals surface area contributed by atoms with Crippen molar-refractivity contribution in [1.82, 2.24) is 20.4 Å². The van der Waals surface area contributed by atoms with E-state index in [4.69, 9.17) is 4.52 Å². The van der Waals surface area contributed by atoms with Crippen molar-refractivity contribution in [2.75, 3.05) is 24.8 Å². The van der Waals surface area contributed by atoms with Crippen molar-refractivity contribution in [3.8, 4) is 11.1 Å². The SMILES string of the molecule is CC(C)(CF)c1nc(CCNC(=O)Nc2nc3ccc(-c4cccc(S(C)(=O)=O)c4)cc3s2)no1. The van der Waals surface area contributed by atoms with Gasteiger partial charge in [-0.25, -0.2) is 22.6 Å². The van der Waals surface area contributed by atoms with Gasteiger partial charge < -0.3 is 9.84 Å². The van der Waals surface area contributed by atoms with Gasteiger partial charge in [0.2, 0.25) is 5.89 Å². The molecule has 0 saturated carbocycles. The molecule has 35 heavy (non-hydrogen) atoms. The molecule has 184 valence electrons. The molecule has 0 spiro atoms. The third-order valence-corrected chi connectivity index (χ3v) is 7.26. The monoisotopic (exact) mass is 517 g/mol. The zero-order chi connectivity index (χ0) is 25.2. The molecule has 0 aliphatic rings. The number of hydrogen-bond acceptors (Lipinski definition) is 8. The van der Waals surface area contributed by atoms with Crippen LogP contribution >= 0.6 is 11.3 Å². The summed E-state index contributed by atoms with van der Waals surface area (Å²) in [6.07, 6.45) is 1.50. The lowest BCUT2D eigenvalue weighted by Crippen LogP contribution is -2.30. The van der Waals surface area contributed by atoms with Gasteiger partial charge in [-0.3, -0.25) is 5.32 Å². The number of nitrogens with one attached hydrogen (secondary N) is 2. The lowest BCUT2D eigenvalue weighted by molar-refractivity contribution is 0.252. The van der Waals surface area contributed by atoms with Gasteiger partial charge in [0.15, 0.2) is 20.8 Å². The van der Waals surface area contributed by atoms with Crippen LogP contribution in [-0.4, -0.2) is 49.0 Å². The number of nitrogens with zero attached hydrogens (tertiary/aromatic N) is 3. The quantitative estimate of drug-likeness (QED) is 0.355. The van der Waals surface area contributed by atoms with E-state index in [1.807, 2.05) is 24.3 Å². The van der Waals surface area contributed by atoms with E-state index in [1.54, 1.807) is 32.0 Å². The average molecular weight is 518 g/mol. The first-order chi connectivity index (χ1) is 16.5. The van der Waals surface area contributed by atoms with E-state index in [2.05, 4.69) is 25.8 Å². The zero-order valence-corrected chi connectivity index (χ0v) is 21.0. The summed E-state index contributed by atoms with van der Waals surface area (Å²) in [7, 11) is -3.31. The molecule has 0 radical (unpaired) electrons. The van der Waals surface area contributed by atoms with Gasteiger partial charge >= 0.3 is 6.03 Å². The summed E-state index contributed by atoms with van der Waals surface area (Å²) in [4.78, 5) is 21.1. The minimum atomic E-state index is -3.31. The number of benzene rings is 2. The number of rotatable bonds is 8. The van der Waals surface area contributed by atoms with E-state index >= 15 is 0 Å². The van der Waals surface area contributed by atoms with Crippen LogP contribution in [0.15, 0.2) is 51.9 Å². The molecule has 2 aromatic carbocycles. The Bertz CT molecular complexity index is 1480. The summed E-state index contributed by atoms with van der Waals surface area (Å²) in [5, 5.41) is 9.66. The van der Waals surface area contributed by atoms with Crippen molar-refractivity contribution >= 4 is 42.6 Å². The number of sulfone groups is 1. The van der Waals surface area contributed by atoms with Crippen molar-refractivity contribution in [2.45, 2.75) is 30.6 Å². The number of amides is 2. The molecule has 2 N–H and O–H groups in total. The number of anilines is 1. The Morgan fingerprint density at radius 1 is 1.14 bits per heavy atom. The molecular formula is C23H24FN5O4S2. The van der Waals surface area contributed by atoms with E-state index in [0.29, 0.717) is 22.9 Å². The standard InChI is InChI=1S/C23H24FN5O4S2/c1-23(2,13-24)20-27-19(29-33-20)9-10-25-21(30)28-22-26-17-8-7-15(12-18(17)34-22)14-5-4-6-16(11-14)35(3,31)32/h4-8,11-12H,9-10,13H2,1-3H3,(H2,25,26,28,30). The number of fused-ring (bicyclic) bond motifs is 1. The van der Waals surface area contributed by atoms with Crippen LogP contribution in [0.3, 0.4) is 0 Å². The van der Waals surface area contributed by atoms with Gasteiger partial charge in [0, 0.05) is 19.2 Å². The second-order valence-electron chi connectivity index (χ2n) is 8.67. The van der Waals surface area contributed by atoms with E-state index in [9.17, 15) is 17.6 Å². The normalized spacial score (nSPS) is 12.1. The highest BCUT2D eigenvalue weighted by Gasteiger charge is 2.27. The van der Waals surface area contributed by atoms with E-state index in [0.717, 1.165) is 15.8 Å². The van der Waals surface area contributed by atoms with Gasteiger partial charge in [-0.2, -0.15) is 4.98 Å². The first-order valence-electron chi connectivity index (χ1n) is 10.7. The lowest BCUT2D eigenvalue weighted by Gasteiger charge is -2.13. The number of urea groups is 1. The fourth-order valence-electron chi connectivity index (χ4n) is 3.18. The maximum absolute atomic E-state index is 13.1. The predicted molar refractivity (Wildman–Crippen MR) is 132 cm³/mol. The van der Waals surface area contributed by atoms with Crippen LogP contribution in [0.25, 0.3) is 21.3 Å². The van der Waals surface area contributed by atoms with Crippen molar-refractivity contribution < 1.29 is 22.1 Å². The van der Waals surface area contributed by atoms with E-state index in [1.165, 1.54) is 17.6 Å². The molecule has 2 aromatic heterocycles. The zero-order valence-electron chi connectivity index (χ0n) is 19.3. The number of aromatic nitrogens is 3. The second kappa shape index (κ2) is 9.70. The van der Waals surface area contributed by atoms with Crippen LogP contribution in [0.5, 0.6) is 0 Å². The lowest BCUT2D eigenvalue weighted by atomic mass is 9.96. The van der Waals surface area contributed by atoms with Gasteiger partial charge in [-0.15, -0.1) is 0 Å². The first-order valence-corrected chi connectivity index (χ1v) is 13.4. The first kappa shape index (κ1) is 24.7. The minimum absolute atomic E-state index is 0.219. The summed E-state index contributed by atoms with van der Waals surface area (Å²) in [5.41, 5.74) is 1.48. The molecule has 12 heteroatoms. The Balaban J connectivity index is 1.38. The number of thiazole rings is 1. The Morgan fingerprint density at radius 2 is 1.91 bits per heavy atom. The maximum Gasteiger partial charge on any atom is 0.321 e. The van der Waals surface area contributed by atoms with E-state index < -0.39 is 28.0 Å². The third kappa shape index (κ3) is 5.82. The van der Waals surface area contributed by atoms with Gasteiger partial charge in [-0.05, 0) is 49.2 Å². The van der Waals surface area contributed by atoms with Crippen LogP contribution in [0.4, 0.5) is 14.3 Å².